The molecule has 0 heterocycles. The van der Waals surface area contributed by atoms with E-state index >= 15 is 0 Å². The maximum atomic E-state index is 12.7. The smallest absolute Gasteiger partial charge is 0.462 e. The lowest BCUT2D eigenvalue weighted by Crippen LogP contribution is -2.37. The molecule has 0 radical (unpaired) electrons. The van der Waals surface area contributed by atoms with Crippen molar-refractivity contribution in [2.75, 3.05) is 47.5 Å². The molecule has 0 saturated heterocycles. The van der Waals surface area contributed by atoms with Gasteiger partial charge in [0.05, 0.1) is 27.7 Å². The number of carbonyl (C=O) groups excluding carboxylic acids is 3. The molecule has 0 aliphatic carbocycles. The van der Waals surface area contributed by atoms with Gasteiger partial charge in [0, 0.05) is 19.3 Å². The monoisotopic (exact) mass is 847 g/mol. The predicted octanol–water partition coefficient (Wildman–Crippen LogP) is 12.0. The van der Waals surface area contributed by atoms with Crippen molar-refractivity contribution in [2.45, 2.75) is 155 Å². The number of ketones is 1. The third kappa shape index (κ3) is 42.8. The van der Waals surface area contributed by atoms with E-state index in [0.29, 0.717) is 30.3 Å². The first-order valence-electron chi connectivity index (χ1n) is 22.3. The van der Waals surface area contributed by atoms with Crippen molar-refractivity contribution >= 4 is 25.5 Å². The maximum absolute atomic E-state index is 12.7. The van der Waals surface area contributed by atoms with Crippen molar-refractivity contribution in [2.24, 2.45) is 0 Å². The predicted molar refractivity (Wildman–Crippen MR) is 243 cm³/mol. The van der Waals surface area contributed by atoms with Gasteiger partial charge in [-0.2, -0.15) is 0 Å². The van der Waals surface area contributed by atoms with Crippen LogP contribution in [0.15, 0.2) is 85.1 Å². The van der Waals surface area contributed by atoms with E-state index in [1.807, 2.05) is 33.3 Å². The van der Waals surface area contributed by atoms with E-state index in [0.717, 1.165) is 83.5 Å². The number of unbranched alkanes of at least 4 members (excludes halogenated alkanes) is 10. The number of likely N-dealkylation sites (N-methyl/N-ethyl adjacent to an activating group) is 1. The molecule has 0 saturated carbocycles. The first kappa shape index (κ1) is 55.9. The molecule has 0 rings (SSSR count). The Kier molecular flexibility index (Phi) is 36.9. The fourth-order valence-electron chi connectivity index (χ4n) is 5.37. The number of allylic oxidation sites excluding steroid dienone is 14. The minimum Gasteiger partial charge on any atom is -0.462 e. The highest BCUT2D eigenvalue weighted by molar-refractivity contribution is 7.47. The second-order valence-corrected chi connectivity index (χ2v) is 17.2. The Labute approximate surface area is 358 Å². The van der Waals surface area contributed by atoms with E-state index in [1.54, 1.807) is 6.08 Å². The molecule has 0 aliphatic rings. The number of hydrogen-bond donors (Lipinski definition) is 1. The lowest BCUT2D eigenvalue weighted by Gasteiger charge is -2.24. The van der Waals surface area contributed by atoms with Crippen LogP contribution in [0.3, 0.4) is 0 Å². The number of phosphoric acid groups is 1. The second-order valence-electron chi connectivity index (χ2n) is 15.7. The number of carbonyl (C=O) groups is 3. The summed E-state index contributed by atoms with van der Waals surface area (Å²) in [6, 6.07) is 0. The summed E-state index contributed by atoms with van der Waals surface area (Å²) < 4.78 is 34.2. The Bertz CT molecular complexity index is 1340. The molecule has 0 fully saturated rings. The fraction of sp³-hybridized carbons (Fsp3) is 0.646. The number of ether oxygens (including phenoxy) is 2. The Morgan fingerprint density at radius 3 is 1.73 bits per heavy atom. The summed E-state index contributed by atoms with van der Waals surface area (Å²) in [4.78, 5) is 47.4. The van der Waals surface area contributed by atoms with Gasteiger partial charge in [-0.1, -0.05) is 131 Å². The lowest BCUT2D eigenvalue weighted by atomic mass is 10.1. The van der Waals surface area contributed by atoms with Gasteiger partial charge in [0.25, 0.3) is 0 Å². The van der Waals surface area contributed by atoms with Crippen LogP contribution < -0.4 is 0 Å². The van der Waals surface area contributed by atoms with Gasteiger partial charge in [0.2, 0.25) is 0 Å². The van der Waals surface area contributed by atoms with Gasteiger partial charge in [-0.3, -0.25) is 23.4 Å². The van der Waals surface area contributed by atoms with Crippen LogP contribution >= 0.6 is 7.82 Å². The largest absolute Gasteiger partial charge is 0.472 e. The van der Waals surface area contributed by atoms with Crippen molar-refractivity contribution in [3.63, 3.8) is 0 Å². The molecular weight excluding hydrogens is 765 g/mol. The maximum Gasteiger partial charge on any atom is 0.472 e. The Morgan fingerprint density at radius 2 is 1.12 bits per heavy atom. The molecule has 10 nitrogen and oxygen atoms in total. The average molecular weight is 847 g/mol. The molecule has 0 aromatic heterocycles. The summed E-state index contributed by atoms with van der Waals surface area (Å²) in [6.07, 6.45) is 45.9. The van der Waals surface area contributed by atoms with E-state index in [9.17, 15) is 23.8 Å². The van der Waals surface area contributed by atoms with E-state index in [1.165, 1.54) is 19.3 Å². The summed E-state index contributed by atoms with van der Waals surface area (Å²) in [7, 11) is 1.37. The van der Waals surface area contributed by atoms with Crippen LogP contribution in [0, 0.1) is 0 Å². The van der Waals surface area contributed by atoms with Gasteiger partial charge >= 0.3 is 19.8 Å². The first-order chi connectivity index (χ1) is 28.4. The first-order valence-corrected chi connectivity index (χ1v) is 23.8. The Hall–Kier alpha value is -3.14. The summed E-state index contributed by atoms with van der Waals surface area (Å²) in [5.74, 6) is -0.823. The van der Waals surface area contributed by atoms with Gasteiger partial charge in [-0.25, -0.2) is 4.57 Å². The van der Waals surface area contributed by atoms with E-state index in [2.05, 4.69) is 80.7 Å². The van der Waals surface area contributed by atoms with E-state index in [-0.39, 0.29) is 31.8 Å². The molecule has 0 aliphatic heterocycles. The lowest BCUT2D eigenvalue weighted by molar-refractivity contribution is -0.870. The molecule has 59 heavy (non-hydrogen) atoms. The van der Waals surface area contributed by atoms with Crippen molar-refractivity contribution in [3.05, 3.63) is 85.1 Å². The van der Waals surface area contributed by atoms with Crippen LogP contribution in [-0.4, -0.2) is 80.7 Å². The molecule has 0 aromatic carbocycles. The Balaban J connectivity index is 4.51. The fourth-order valence-corrected chi connectivity index (χ4v) is 6.11. The third-order valence-electron chi connectivity index (χ3n) is 8.89. The molecule has 2 atom stereocenters. The molecular formula is C48H81NO9P+. The minimum absolute atomic E-state index is 0.000797. The topological polar surface area (TPSA) is 125 Å². The van der Waals surface area contributed by atoms with Crippen LogP contribution in [-0.2, 0) is 37.5 Å². The molecule has 11 heteroatoms. The summed E-state index contributed by atoms with van der Waals surface area (Å²) in [5.41, 5.74) is 0. The van der Waals surface area contributed by atoms with Gasteiger partial charge in [0.15, 0.2) is 11.9 Å². The number of nitrogens with zero attached hydrogens (tertiary/aromatic N) is 1. The van der Waals surface area contributed by atoms with Gasteiger partial charge < -0.3 is 18.9 Å². The number of phosphoric ester groups is 1. The zero-order chi connectivity index (χ0) is 43.7. The SMILES string of the molecule is CC/C=C\C/C=C\C/C=C\C/C=C\C/C=C\CCCCCC(=O)OC[C@H](COP(=O)(O)OCC[N+](C)(C)C)OC(=O)CCCCCCCC(=O)/C=C/C=C\CCCCC. The summed E-state index contributed by atoms with van der Waals surface area (Å²) in [6.45, 7) is 4.05. The Morgan fingerprint density at radius 1 is 0.593 bits per heavy atom. The number of esters is 2. The van der Waals surface area contributed by atoms with Crippen molar-refractivity contribution in [1.29, 1.82) is 0 Å². The average Bonchev–Trinajstić information content (AvgIpc) is 3.18. The summed E-state index contributed by atoms with van der Waals surface area (Å²) >= 11 is 0. The van der Waals surface area contributed by atoms with Crippen LogP contribution in [0.2, 0.25) is 0 Å². The minimum atomic E-state index is -4.42. The normalized spacial score (nSPS) is 14.3. The quantitative estimate of drug-likeness (QED) is 0.0122. The highest BCUT2D eigenvalue weighted by atomic mass is 31.2. The molecule has 336 valence electrons. The molecule has 1 unspecified atom stereocenters. The number of quaternary nitrogens is 1. The number of hydrogen-bond acceptors (Lipinski definition) is 8. The van der Waals surface area contributed by atoms with E-state index < -0.39 is 32.5 Å². The van der Waals surface area contributed by atoms with Crippen LogP contribution in [0.1, 0.15) is 149 Å². The highest BCUT2D eigenvalue weighted by Gasteiger charge is 2.27. The van der Waals surface area contributed by atoms with E-state index in [4.69, 9.17) is 18.5 Å². The zero-order valence-electron chi connectivity index (χ0n) is 37.4. The second kappa shape index (κ2) is 39.0. The molecule has 0 aromatic rings. The van der Waals surface area contributed by atoms with Crippen molar-refractivity contribution < 1.29 is 46.8 Å². The highest BCUT2D eigenvalue weighted by Crippen LogP contribution is 2.43. The van der Waals surface area contributed by atoms with Crippen LogP contribution in [0.4, 0.5) is 0 Å². The van der Waals surface area contributed by atoms with Gasteiger partial charge in [0.1, 0.15) is 19.8 Å². The van der Waals surface area contributed by atoms with Crippen LogP contribution in [0.5, 0.6) is 0 Å². The van der Waals surface area contributed by atoms with Crippen molar-refractivity contribution in [1.82, 2.24) is 0 Å². The summed E-state index contributed by atoms with van der Waals surface area (Å²) in [5, 5.41) is 0. The van der Waals surface area contributed by atoms with Crippen molar-refractivity contribution in [3.8, 4) is 0 Å². The molecule has 0 amide bonds. The van der Waals surface area contributed by atoms with Crippen LogP contribution in [0.25, 0.3) is 0 Å². The van der Waals surface area contributed by atoms with Gasteiger partial charge in [-0.15, -0.1) is 0 Å². The molecule has 1 N–H and O–H groups in total. The standard InChI is InChI=1S/C48H80NO9P/c1-6-8-10-12-14-15-16-17-18-19-20-21-22-23-24-25-27-31-35-39-47(51)55-43-46(44-57-59(53,54)56-42-41-49(3,4)5)58-48(52)40-36-32-28-30-34-38-45(50)37-33-29-26-13-11-9-7-2/h8,10,14-15,17-18,20-21,23-24,26,29,33,37,46H,6-7,9,11-13,16,19,22,25,27-28,30-32,34-36,38-44H2,1-5H3/p+1/b10-8-,15-14-,18-17-,21-20-,24-23-,29-26-,37-33+/t46-/m1/s1. The zero-order valence-corrected chi connectivity index (χ0v) is 38.3. The third-order valence-corrected chi connectivity index (χ3v) is 9.87. The number of rotatable bonds is 39. The van der Waals surface area contributed by atoms with Gasteiger partial charge in [-0.05, 0) is 83.1 Å². The molecule has 0 bridgehead atoms. The molecule has 0 spiro atoms.